The molecule has 0 aromatic heterocycles. The summed E-state index contributed by atoms with van der Waals surface area (Å²) in [6.45, 7) is 2.45. The van der Waals surface area contributed by atoms with Crippen molar-refractivity contribution in [3.8, 4) is 5.75 Å². The van der Waals surface area contributed by atoms with Gasteiger partial charge in [-0.1, -0.05) is 18.2 Å². The number of benzene rings is 2. The number of carboxylic acids is 1. The fourth-order valence-electron chi connectivity index (χ4n) is 2.05. The van der Waals surface area contributed by atoms with Crippen molar-refractivity contribution in [1.82, 2.24) is 5.32 Å². The molecule has 130 valence electrons. The summed E-state index contributed by atoms with van der Waals surface area (Å²) in [6.07, 6.45) is 1.43. The van der Waals surface area contributed by atoms with Crippen LogP contribution in [-0.2, 0) is 4.79 Å². The highest BCUT2D eigenvalue weighted by molar-refractivity contribution is 14.1. The number of carbonyl (C=O) groups excluding carboxylic acids is 1. The number of ether oxygens (including phenoxy) is 1. The second-order valence-electron chi connectivity index (χ2n) is 4.93. The Balaban J connectivity index is 2.31. The van der Waals surface area contributed by atoms with Crippen LogP contribution >= 0.6 is 45.2 Å². The van der Waals surface area contributed by atoms with Crippen LogP contribution in [0.5, 0.6) is 5.75 Å². The average molecular weight is 563 g/mol. The molecule has 2 aromatic carbocycles. The zero-order valence-electron chi connectivity index (χ0n) is 13.3. The molecule has 0 unspecified atom stereocenters. The van der Waals surface area contributed by atoms with Gasteiger partial charge in [-0.3, -0.25) is 4.79 Å². The second kappa shape index (κ2) is 9.18. The minimum Gasteiger partial charge on any atom is -0.492 e. The smallest absolute Gasteiger partial charge is 0.352 e. The molecule has 0 aliphatic rings. The lowest BCUT2D eigenvalue weighted by atomic mass is 10.1. The molecular weight excluding hydrogens is 548 g/mol. The number of amides is 1. The predicted octanol–water partition coefficient (Wildman–Crippen LogP) is 4.15. The Hall–Kier alpha value is -1.62. The third-order valence-electron chi connectivity index (χ3n) is 3.13. The third kappa shape index (κ3) is 5.43. The Morgan fingerprint density at radius 2 is 1.76 bits per heavy atom. The monoisotopic (exact) mass is 563 g/mol. The van der Waals surface area contributed by atoms with Gasteiger partial charge in [0.2, 0.25) is 0 Å². The Bertz CT molecular complexity index is 796. The van der Waals surface area contributed by atoms with Crippen LogP contribution in [0.3, 0.4) is 0 Å². The fourth-order valence-corrected chi connectivity index (χ4v) is 4.17. The van der Waals surface area contributed by atoms with Gasteiger partial charge in [0.15, 0.2) is 0 Å². The van der Waals surface area contributed by atoms with Crippen LogP contribution in [0.1, 0.15) is 22.8 Å². The van der Waals surface area contributed by atoms with Gasteiger partial charge < -0.3 is 15.2 Å². The van der Waals surface area contributed by atoms with Gasteiger partial charge in [-0.05, 0) is 88.0 Å². The quantitative estimate of drug-likeness (QED) is 0.410. The Kier molecular flexibility index (Phi) is 7.24. The van der Waals surface area contributed by atoms with Crippen LogP contribution in [0.2, 0.25) is 0 Å². The zero-order chi connectivity index (χ0) is 18.4. The minimum atomic E-state index is -1.21. The Morgan fingerprint density at radius 1 is 1.16 bits per heavy atom. The number of carbonyl (C=O) groups is 2. The van der Waals surface area contributed by atoms with Crippen molar-refractivity contribution in [1.29, 1.82) is 0 Å². The van der Waals surface area contributed by atoms with Crippen molar-refractivity contribution in [2.24, 2.45) is 0 Å². The number of halogens is 2. The predicted molar refractivity (Wildman–Crippen MR) is 113 cm³/mol. The molecule has 0 saturated carbocycles. The highest BCUT2D eigenvalue weighted by Crippen LogP contribution is 2.29. The first-order valence-corrected chi connectivity index (χ1v) is 9.51. The van der Waals surface area contributed by atoms with Crippen molar-refractivity contribution >= 4 is 63.1 Å². The molecule has 0 bridgehead atoms. The van der Waals surface area contributed by atoms with Crippen molar-refractivity contribution in [2.45, 2.75) is 6.92 Å². The second-order valence-corrected chi connectivity index (χ2v) is 7.25. The topological polar surface area (TPSA) is 75.6 Å². The number of nitrogens with one attached hydrogen (secondary N) is 1. The lowest BCUT2D eigenvalue weighted by Gasteiger charge is -2.10. The summed E-state index contributed by atoms with van der Waals surface area (Å²) in [7, 11) is 0. The number of carboxylic acid groups (broad SMARTS) is 1. The van der Waals surface area contributed by atoms with Crippen LogP contribution in [0.15, 0.2) is 48.2 Å². The van der Waals surface area contributed by atoms with Crippen LogP contribution < -0.4 is 10.1 Å². The summed E-state index contributed by atoms with van der Waals surface area (Å²) in [5.41, 5.74) is 0.873. The maximum Gasteiger partial charge on any atom is 0.352 e. The van der Waals surface area contributed by atoms with E-state index >= 15 is 0 Å². The van der Waals surface area contributed by atoms with Gasteiger partial charge in [0.1, 0.15) is 11.4 Å². The van der Waals surface area contributed by atoms with E-state index in [-0.39, 0.29) is 5.70 Å². The molecule has 25 heavy (non-hydrogen) atoms. The average Bonchev–Trinajstić information content (AvgIpc) is 2.58. The molecule has 0 radical (unpaired) electrons. The van der Waals surface area contributed by atoms with Crippen molar-refractivity contribution in [3.05, 3.63) is 66.4 Å². The maximum absolute atomic E-state index is 12.2. The molecule has 0 atom stereocenters. The maximum atomic E-state index is 12.2. The molecule has 1 amide bonds. The molecule has 5 nitrogen and oxygen atoms in total. The van der Waals surface area contributed by atoms with E-state index in [1.165, 1.54) is 6.08 Å². The van der Waals surface area contributed by atoms with Gasteiger partial charge in [0.05, 0.1) is 13.7 Å². The minimum absolute atomic E-state index is 0.190. The first-order chi connectivity index (χ1) is 11.9. The van der Waals surface area contributed by atoms with Crippen molar-refractivity contribution in [2.75, 3.05) is 6.61 Å². The van der Waals surface area contributed by atoms with E-state index in [1.807, 2.05) is 19.1 Å². The van der Waals surface area contributed by atoms with Gasteiger partial charge >= 0.3 is 5.97 Å². The number of hydrogen-bond donors (Lipinski definition) is 2. The molecule has 0 saturated heterocycles. The summed E-state index contributed by atoms with van der Waals surface area (Å²) in [4.78, 5) is 23.7. The molecular formula is C18H15I2NO4. The number of rotatable bonds is 6. The van der Waals surface area contributed by atoms with Crippen LogP contribution in [0.25, 0.3) is 6.08 Å². The van der Waals surface area contributed by atoms with Gasteiger partial charge in [0, 0.05) is 5.56 Å². The Labute approximate surface area is 172 Å². The van der Waals surface area contributed by atoms with Gasteiger partial charge in [-0.15, -0.1) is 0 Å². The normalized spacial score (nSPS) is 11.1. The van der Waals surface area contributed by atoms with Gasteiger partial charge in [-0.2, -0.15) is 0 Å². The van der Waals surface area contributed by atoms with Crippen molar-refractivity contribution in [3.63, 3.8) is 0 Å². The van der Waals surface area contributed by atoms with E-state index in [4.69, 9.17) is 4.74 Å². The van der Waals surface area contributed by atoms with Crippen LogP contribution in [-0.4, -0.2) is 23.6 Å². The van der Waals surface area contributed by atoms with E-state index in [9.17, 15) is 14.7 Å². The number of hydrogen-bond acceptors (Lipinski definition) is 3. The SMILES string of the molecule is CCOc1c(I)cc(C=C(NC(=O)c2ccccc2)C(=O)O)cc1I. The third-order valence-corrected chi connectivity index (χ3v) is 4.74. The van der Waals surface area contributed by atoms with E-state index in [2.05, 4.69) is 50.5 Å². The molecule has 0 spiro atoms. The van der Waals surface area contributed by atoms with Crippen molar-refractivity contribution < 1.29 is 19.4 Å². The van der Waals surface area contributed by atoms with E-state index in [0.717, 1.165) is 12.9 Å². The van der Waals surface area contributed by atoms with E-state index < -0.39 is 11.9 Å². The molecule has 7 heteroatoms. The lowest BCUT2D eigenvalue weighted by Crippen LogP contribution is -2.27. The molecule has 0 heterocycles. The first kappa shape index (κ1) is 19.7. The summed E-state index contributed by atoms with van der Waals surface area (Å²) in [5.74, 6) is -0.904. The summed E-state index contributed by atoms with van der Waals surface area (Å²) < 4.78 is 7.32. The summed E-state index contributed by atoms with van der Waals surface area (Å²) >= 11 is 4.28. The molecule has 2 N–H and O–H groups in total. The van der Waals surface area contributed by atoms with E-state index in [0.29, 0.717) is 17.7 Å². The van der Waals surface area contributed by atoms with Gasteiger partial charge in [0.25, 0.3) is 5.91 Å². The lowest BCUT2D eigenvalue weighted by molar-refractivity contribution is -0.132. The fraction of sp³-hybridized carbons (Fsp3) is 0.111. The highest BCUT2D eigenvalue weighted by atomic mass is 127. The summed E-state index contributed by atoms with van der Waals surface area (Å²) in [5, 5.41) is 11.8. The molecule has 2 rings (SSSR count). The summed E-state index contributed by atoms with van der Waals surface area (Å²) in [6, 6.07) is 12.1. The number of aliphatic carboxylic acids is 1. The van der Waals surface area contributed by atoms with Crippen LogP contribution in [0.4, 0.5) is 0 Å². The molecule has 0 fully saturated rings. The Morgan fingerprint density at radius 3 is 2.28 bits per heavy atom. The van der Waals surface area contributed by atoms with Gasteiger partial charge in [-0.25, -0.2) is 4.79 Å². The molecule has 0 aliphatic heterocycles. The first-order valence-electron chi connectivity index (χ1n) is 7.35. The standard InChI is InChI=1S/C18H15I2NO4/c1-2-25-16-13(19)8-11(9-14(16)20)10-15(18(23)24)21-17(22)12-6-4-3-5-7-12/h3-10H,2H2,1H3,(H,21,22)(H,23,24). The van der Waals surface area contributed by atoms with Crippen LogP contribution in [0, 0.1) is 7.14 Å². The largest absolute Gasteiger partial charge is 0.492 e. The zero-order valence-corrected chi connectivity index (χ0v) is 17.6. The molecule has 2 aromatic rings. The molecule has 0 aliphatic carbocycles. The van der Waals surface area contributed by atoms with E-state index in [1.54, 1.807) is 30.3 Å². The highest BCUT2D eigenvalue weighted by Gasteiger charge is 2.14.